The molecule has 0 aromatic heterocycles. The molecule has 0 aliphatic carbocycles. The summed E-state index contributed by atoms with van der Waals surface area (Å²) in [6, 6.07) is 7.38. The number of nitrogens with zero attached hydrogens (tertiary/aromatic N) is 1. The number of carbonyl (C=O) groups is 1. The molecule has 8 heteroatoms. The number of rotatable bonds is 4. The summed E-state index contributed by atoms with van der Waals surface area (Å²) in [4.78, 5) is 12.3. The van der Waals surface area contributed by atoms with Crippen molar-refractivity contribution in [3.05, 3.63) is 58.4 Å². The molecule has 0 atom stereocenters. The lowest BCUT2D eigenvalue weighted by Gasteiger charge is -2.26. The van der Waals surface area contributed by atoms with Gasteiger partial charge in [-0.3, -0.25) is 4.79 Å². The Morgan fingerprint density at radius 1 is 1.07 bits per heavy atom. The molecule has 0 saturated carbocycles. The van der Waals surface area contributed by atoms with Gasteiger partial charge in [-0.25, -0.2) is 12.8 Å². The lowest BCUT2D eigenvalue weighted by molar-refractivity contribution is 0.0729. The summed E-state index contributed by atoms with van der Waals surface area (Å²) in [5.41, 5.74) is 3.42. The van der Waals surface area contributed by atoms with Crippen molar-refractivity contribution in [2.45, 2.75) is 25.7 Å². The summed E-state index contributed by atoms with van der Waals surface area (Å²) in [5.74, 6) is -1.22. The number of halogens is 1. The van der Waals surface area contributed by atoms with Gasteiger partial charge in [0.05, 0.1) is 13.2 Å². The Balaban J connectivity index is 1.91. The first-order valence-corrected chi connectivity index (χ1v) is 10.4. The fourth-order valence-corrected chi connectivity index (χ4v) is 4.93. The minimum Gasteiger partial charge on any atom is -0.379 e. The van der Waals surface area contributed by atoms with Crippen LogP contribution in [0.5, 0.6) is 0 Å². The molecule has 1 amide bonds. The van der Waals surface area contributed by atoms with Gasteiger partial charge >= 0.3 is 0 Å². The fraction of sp³-hybridized carbons (Fsp3) is 0.350. The first-order valence-electron chi connectivity index (χ1n) is 8.97. The molecular formula is C20H23FN2O4S. The van der Waals surface area contributed by atoms with Crippen molar-refractivity contribution in [1.82, 2.24) is 4.31 Å². The Labute approximate surface area is 164 Å². The summed E-state index contributed by atoms with van der Waals surface area (Å²) in [5, 5.41) is 2.69. The third-order valence-corrected chi connectivity index (χ3v) is 6.59. The zero-order chi connectivity index (χ0) is 20.5. The van der Waals surface area contributed by atoms with E-state index in [2.05, 4.69) is 5.32 Å². The third-order valence-electron chi connectivity index (χ3n) is 4.68. The van der Waals surface area contributed by atoms with Crippen molar-refractivity contribution < 1.29 is 22.3 Å². The molecule has 2 aromatic rings. The lowest BCUT2D eigenvalue weighted by Crippen LogP contribution is -2.40. The van der Waals surface area contributed by atoms with Gasteiger partial charge in [-0.1, -0.05) is 17.7 Å². The van der Waals surface area contributed by atoms with Crippen molar-refractivity contribution in [3.63, 3.8) is 0 Å². The van der Waals surface area contributed by atoms with Crippen LogP contribution in [0, 0.1) is 26.6 Å². The number of hydrogen-bond donors (Lipinski definition) is 1. The first kappa shape index (κ1) is 20.4. The normalized spacial score (nSPS) is 15.4. The molecule has 1 aliphatic heterocycles. The van der Waals surface area contributed by atoms with Crippen molar-refractivity contribution in [2.75, 3.05) is 31.6 Å². The minimum atomic E-state index is -4.01. The Hall–Kier alpha value is -2.29. The van der Waals surface area contributed by atoms with E-state index in [1.54, 1.807) is 0 Å². The standard InChI is InChI=1S/C20H23FN2O4S/c1-13-10-14(2)19(15(3)11-13)20(24)22-16-4-5-17(21)18(12-16)28(25,26)23-6-8-27-9-7-23/h4-5,10-12H,6-9H2,1-3H3,(H,22,24). The van der Waals surface area contributed by atoms with E-state index in [1.807, 2.05) is 32.9 Å². The van der Waals surface area contributed by atoms with Crippen molar-refractivity contribution >= 4 is 21.6 Å². The topological polar surface area (TPSA) is 75.7 Å². The van der Waals surface area contributed by atoms with Crippen LogP contribution in [0.1, 0.15) is 27.0 Å². The molecule has 0 radical (unpaired) electrons. The second-order valence-electron chi connectivity index (χ2n) is 6.89. The molecule has 28 heavy (non-hydrogen) atoms. The Morgan fingerprint density at radius 2 is 1.68 bits per heavy atom. The minimum absolute atomic E-state index is 0.167. The monoisotopic (exact) mass is 406 g/mol. The predicted octanol–water partition coefficient (Wildman–Crippen LogP) is 3.02. The van der Waals surface area contributed by atoms with Crippen LogP contribution in [-0.4, -0.2) is 44.9 Å². The number of carbonyl (C=O) groups excluding carboxylic acids is 1. The fourth-order valence-electron chi connectivity index (χ4n) is 3.44. The number of nitrogens with one attached hydrogen (secondary N) is 1. The number of hydrogen-bond acceptors (Lipinski definition) is 4. The first-order chi connectivity index (χ1) is 13.2. The quantitative estimate of drug-likeness (QED) is 0.847. The van der Waals surface area contributed by atoms with Gasteiger partial charge in [0.25, 0.3) is 5.91 Å². The van der Waals surface area contributed by atoms with Crippen molar-refractivity contribution in [1.29, 1.82) is 0 Å². The number of benzene rings is 2. The summed E-state index contributed by atoms with van der Waals surface area (Å²) in [6.45, 7) is 6.50. The van der Waals surface area contributed by atoms with E-state index in [1.165, 1.54) is 10.4 Å². The largest absolute Gasteiger partial charge is 0.379 e. The number of anilines is 1. The van der Waals surface area contributed by atoms with Crippen LogP contribution in [0.4, 0.5) is 10.1 Å². The molecule has 1 aliphatic rings. The molecular weight excluding hydrogens is 383 g/mol. The van der Waals surface area contributed by atoms with E-state index < -0.39 is 20.7 Å². The van der Waals surface area contributed by atoms with E-state index in [0.717, 1.165) is 28.8 Å². The zero-order valence-corrected chi connectivity index (χ0v) is 16.9. The molecule has 2 aromatic carbocycles. The van der Waals surface area contributed by atoms with Crippen LogP contribution in [0.25, 0.3) is 0 Å². The molecule has 0 unspecified atom stereocenters. The smallest absolute Gasteiger partial charge is 0.256 e. The maximum atomic E-state index is 14.3. The van der Waals surface area contributed by atoms with E-state index in [0.29, 0.717) is 5.56 Å². The van der Waals surface area contributed by atoms with Crippen LogP contribution >= 0.6 is 0 Å². The van der Waals surface area contributed by atoms with Gasteiger partial charge < -0.3 is 10.1 Å². The van der Waals surface area contributed by atoms with E-state index in [4.69, 9.17) is 4.74 Å². The van der Waals surface area contributed by atoms with E-state index >= 15 is 0 Å². The molecule has 6 nitrogen and oxygen atoms in total. The third kappa shape index (κ3) is 4.09. The second kappa shape index (κ2) is 7.98. The molecule has 1 saturated heterocycles. The van der Waals surface area contributed by atoms with Crippen LogP contribution in [-0.2, 0) is 14.8 Å². The van der Waals surface area contributed by atoms with Gasteiger partial charge in [-0.05, 0) is 50.1 Å². The number of ether oxygens (including phenoxy) is 1. The highest BCUT2D eigenvalue weighted by Gasteiger charge is 2.29. The van der Waals surface area contributed by atoms with Gasteiger partial charge in [0, 0.05) is 24.3 Å². The molecule has 1 heterocycles. The summed E-state index contributed by atoms with van der Waals surface area (Å²) in [6.07, 6.45) is 0. The summed E-state index contributed by atoms with van der Waals surface area (Å²) >= 11 is 0. The van der Waals surface area contributed by atoms with Gasteiger partial charge in [-0.15, -0.1) is 0 Å². The highest BCUT2D eigenvalue weighted by Crippen LogP contribution is 2.25. The maximum Gasteiger partial charge on any atom is 0.256 e. The lowest BCUT2D eigenvalue weighted by atomic mass is 9.99. The number of amides is 1. The molecule has 3 rings (SSSR count). The summed E-state index contributed by atoms with van der Waals surface area (Å²) in [7, 11) is -4.01. The van der Waals surface area contributed by atoms with Gasteiger partial charge in [0.1, 0.15) is 10.7 Å². The molecule has 0 spiro atoms. The van der Waals surface area contributed by atoms with E-state index in [9.17, 15) is 17.6 Å². The zero-order valence-electron chi connectivity index (χ0n) is 16.1. The second-order valence-corrected chi connectivity index (χ2v) is 8.80. The summed E-state index contributed by atoms with van der Waals surface area (Å²) < 4.78 is 46.2. The highest BCUT2D eigenvalue weighted by atomic mass is 32.2. The van der Waals surface area contributed by atoms with E-state index in [-0.39, 0.29) is 37.9 Å². The van der Waals surface area contributed by atoms with Crippen LogP contribution in [0.2, 0.25) is 0 Å². The highest BCUT2D eigenvalue weighted by molar-refractivity contribution is 7.89. The predicted molar refractivity (Wildman–Crippen MR) is 105 cm³/mol. The molecule has 1 fully saturated rings. The van der Waals surface area contributed by atoms with Crippen LogP contribution in [0.15, 0.2) is 35.2 Å². The SMILES string of the molecule is Cc1cc(C)c(C(=O)Nc2ccc(F)c(S(=O)(=O)N3CCOCC3)c2)c(C)c1. The maximum absolute atomic E-state index is 14.3. The van der Waals surface area contributed by atoms with Gasteiger partial charge in [-0.2, -0.15) is 4.31 Å². The van der Waals surface area contributed by atoms with Crippen molar-refractivity contribution in [3.8, 4) is 0 Å². The average molecular weight is 406 g/mol. The number of morpholine rings is 1. The molecule has 1 N–H and O–H groups in total. The number of sulfonamides is 1. The van der Waals surface area contributed by atoms with Crippen LogP contribution < -0.4 is 5.32 Å². The Bertz CT molecular complexity index is 992. The molecule has 0 bridgehead atoms. The van der Waals surface area contributed by atoms with Gasteiger partial charge in [0.2, 0.25) is 10.0 Å². The Kier molecular flexibility index (Phi) is 5.83. The average Bonchev–Trinajstić information content (AvgIpc) is 2.63. The molecule has 150 valence electrons. The van der Waals surface area contributed by atoms with Crippen molar-refractivity contribution in [2.24, 2.45) is 0 Å². The van der Waals surface area contributed by atoms with Crippen LogP contribution in [0.3, 0.4) is 0 Å². The Morgan fingerprint density at radius 3 is 2.29 bits per heavy atom. The van der Waals surface area contributed by atoms with Gasteiger partial charge in [0.15, 0.2) is 0 Å². The number of aryl methyl sites for hydroxylation is 3.